The van der Waals surface area contributed by atoms with E-state index in [1.54, 1.807) is 4.57 Å². The number of unbranched alkanes of at least 4 members (excludes halogenated alkanes) is 1. The Bertz CT molecular complexity index is 542. The first kappa shape index (κ1) is 16.6. The fourth-order valence-corrected chi connectivity index (χ4v) is 3.89. The van der Waals surface area contributed by atoms with Crippen LogP contribution in [0.3, 0.4) is 0 Å². The minimum absolute atomic E-state index is 0.0307. The molecule has 0 unspecified atom stereocenters. The Balaban J connectivity index is 2.16. The van der Waals surface area contributed by atoms with Crippen LogP contribution in [0.1, 0.15) is 39.0 Å². The number of halogens is 2. The molecule has 0 aromatic carbocycles. The largest absolute Gasteiger partial charge is 0.451 e. The van der Waals surface area contributed by atoms with Crippen molar-refractivity contribution in [1.82, 2.24) is 0 Å². The fraction of sp³-hybridized carbons (Fsp3) is 0.533. The number of nitrogens with zero attached hydrogens (tertiary/aromatic N) is 1. The van der Waals surface area contributed by atoms with Crippen molar-refractivity contribution in [1.29, 1.82) is 0 Å². The second-order valence-electron chi connectivity index (χ2n) is 5.34. The predicted octanol–water partition coefficient (Wildman–Crippen LogP) is 3.33. The van der Waals surface area contributed by atoms with Crippen LogP contribution in [0.15, 0.2) is 27.4 Å². The number of carbonyl (C=O) groups is 2. The summed E-state index contributed by atoms with van der Waals surface area (Å²) in [4.78, 5) is 24.2. The quantitative estimate of drug-likeness (QED) is 0.524. The molecule has 0 saturated carbocycles. The second-order valence-corrected chi connectivity index (χ2v) is 7.17. The van der Waals surface area contributed by atoms with Crippen molar-refractivity contribution in [2.75, 3.05) is 0 Å². The van der Waals surface area contributed by atoms with E-state index in [2.05, 4.69) is 38.8 Å². The summed E-state index contributed by atoms with van der Waals surface area (Å²) in [6.45, 7) is 2.27. The van der Waals surface area contributed by atoms with Gasteiger partial charge in [0.05, 0.1) is 8.95 Å². The Morgan fingerprint density at radius 3 is 2.57 bits per heavy atom. The molecule has 1 aliphatic rings. The van der Waals surface area contributed by atoms with E-state index in [1.165, 1.54) is 0 Å². The average molecular weight is 420 g/mol. The normalized spacial score (nSPS) is 21.4. The summed E-state index contributed by atoms with van der Waals surface area (Å²) < 4.78 is 8.99. The van der Waals surface area contributed by atoms with Gasteiger partial charge in [0.2, 0.25) is 12.3 Å². The SMILES string of the molecule is CCCC[C@]1(C(=O)C[n+]2cc(Br)cc(Br)c2)CCC(=O)O1. The van der Waals surface area contributed by atoms with Crippen molar-refractivity contribution in [3.8, 4) is 0 Å². The lowest BCUT2D eigenvalue weighted by atomic mass is 9.89. The lowest BCUT2D eigenvalue weighted by molar-refractivity contribution is -0.686. The Hall–Kier alpha value is -0.750. The minimum atomic E-state index is -0.922. The van der Waals surface area contributed by atoms with Crippen LogP contribution in [0.25, 0.3) is 0 Å². The number of aromatic nitrogens is 1. The van der Waals surface area contributed by atoms with Gasteiger partial charge in [-0.15, -0.1) is 0 Å². The molecule has 1 atom stereocenters. The van der Waals surface area contributed by atoms with Gasteiger partial charge >= 0.3 is 5.97 Å². The zero-order valence-corrected chi connectivity index (χ0v) is 15.1. The van der Waals surface area contributed by atoms with Crippen molar-refractivity contribution in [3.05, 3.63) is 27.4 Å². The standard InChI is InChI=1S/C15H18Br2NO3/c1-2-3-5-15(6-4-14(20)21-15)13(19)10-18-8-11(16)7-12(17)9-18/h7-9H,2-6,10H2,1H3/q+1/t15-/m1/s1. The molecule has 21 heavy (non-hydrogen) atoms. The van der Waals surface area contributed by atoms with Gasteiger partial charge in [-0.2, -0.15) is 4.57 Å². The maximum atomic E-state index is 12.7. The van der Waals surface area contributed by atoms with Crippen LogP contribution >= 0.6 is 31.9 Å². The highest BCUT2D eigenvalue weighted by Gasteiger charge is 2.47. The fourth-order valence-electron chi connectivity index (χ4n) is 2.56. The summed E-state index contributed by atoms with van der Waals surface area (Å²) in [5, 5.41) is 0. The zero-order valence-electron chi connectivity index (χ0n) is 11.9. The van der Waals surface area contributed by atoms with E-state index in [4.69, 9.17) is 4.74 Å². The molecule has 2 rings (SSSR count). The van der Waals surface area contributed by atoms with E-state index < -0.39 is 5.60 Å². The van der Waals surface area contributed by atoms with Crippen molar-refractivity contribution >= 4 is 43.6 Å². The lowest BCUT2D eigenvalue weighted by Gasteiger charge is -2.24. The molecule has 0 bridgehead atoms. The first-order valence-corrected chi connectivity index (χ1v) is 8.64. The number of hydrogen-bond donors (Lipinski definition) is 0. The second kappa shape index (κ2) is 7.01. The maximum Gasteiger partial charge on any atom is 0.306 e. The summed E-state index contributed by atoms with van der Waals surface area (Å²) >= 11 is 6.81. The third-order valence-electron chi connectivity index (χ3n) is 3.66. The molecular formula is C15H18Br2NO3+. The van der Waals surface area contributed by atoms with E-state index in [1.807, 2.05) is 18.5 Å². The smallest absolute Gasteiger partial charge is 0.306 e. The minimum Gasteiger partial charge on any atom is -0.451 e. The molecule has 0 amide bonds. The summed E-state index contributed by atoms with van der Waals surface area (Å²) in [5.41, 5.74) is -0.922. The van der Waals surface area contributed by atoms with Crippen LogP contribution in [0.5, 0.6) is 0 Å². The lowest BCUT2D eigenvalue weighted by Crippen LogP contribution is -2.48. The van der Waals surface area contributed by atoms with Crippen LogP contribution in [0.2, 0.25) is 0 Å². The van der Waals surface area contributed by atoms with Gasteiger partial charge in [-0.05, 0) is 50.8 Å². The molecule has 4 nitrogen and oxygen atoms in total. The molecular weight excluding hydrogens is 402 g/mol. The van der Waals surface area contributed by atoms with Gasteiger partial charge in [0.25, 0.3) is 0 Å². The van der Waals surface area contributed by atoms with Gasteiger partial charge in [-0.3, -0.25) is 9.59 Å². The molecule has 1 fully saturated rings. The average Bonchev–Trinajstić information content (AvgIpc) is 2.78. The molecule has 6 heteroatoms. The molecule has 1 aromatic rings. The molecule has 1 aromatic heterocycles. The van der Waals surface area contributed by atoms with Crippen LogP contribution in [-0.2, 0) is 20.9 Å². The Kier molecular flexibility index (Phi) is 5.54. The number of cyclic esters (lactones) is 1. The number of ether oxygens (including phenoxy) is 1. The number of ketones is 1. The van der Waals surface area contributed by atoms with Crippen molar-refractivity contribution in [2.24, 2.45) is 0 Å². The van der Waals surface area contributed by atoms with E-state index in [-0.39, 0.29) is 18.3 Å². The van der Waals surface area contributed by atoms with E-state index in [0.29, 0.717) is 19.3 Å². The van der Waals surface area contributed by atoms with E-state index in [0.717, 1.165) is 21.8 Å². The summed E-state index contributed by atoms with van der Waals surface area (Å²) in [7, 11) is 0. The molecule has 2 heterocycles. The highest BCUT2D eigenvalue weighted by molar-refractivity contribution is 9.11. The Morgan fingerprint density at radius 1 is 1.38 bits per heavy atom. The van der Waals surface area contributed by atoms with Crippen LogP contribution in [0, 0.1) is 0 Å². The summed E-state index contributed by atoms with van der Waals surface area (Å²) in [6, 6.07) is 1.91. The van der Waals surface area contributed by atoms with E-state index >= 15 is 0 Å². The first-order chi connectivity index (χ1) is 9.95. The molecule has 0 aliphatic carbocycles. The topological polar surface area (TPSA) is 47.2 Å². The van der Waals surface area contributed by atoms with Crippen LogP contribution < -0.4 is 4.57 Å². The molecule has 1 aliphatic heterocycles. The third kappa shape index (κ3) is 4.13. The highest BCUT2D eigenvalue weighted by Crippen LogP contribution is 2.33. The van der Waals surface area contributed by atoms with Crippen LogP contribution in [0.4, 0.5) is 0 Å². The predicted molar refractivity (Wildman–Crippen MR) is 84.6 cm³/mol. The zero-order chi connectivity index (χ0) is 15.5. The summed E-state index contributed by atoms with van der Waals surface area (Å²) in [6.07, 6.45) is 6.99. The summed E-state index contributed by atoms with van der Waals surface area (Å²) in [5.74, 6) is -0.295. The number of carbonyl (C=O) groups excluding carboxylic acids is 2. The molecule has 1 saturated heterocycles. The van der Waals surface area contributed by atoms with Gasteiger partial charge in [-0.1, -0.05) is 13.3 Å². The molecule has 0 spiro atoms. The first-order valence-electron chi connectivity index (χ1n) is 7.05. The van der Waals surface area contributed by atoms with Gasteiger partial charge in [0.15, 0.2) is 18.0 Å². The van der Waals surface area contributed by atoms with E-state index in [9.17, 15) is 9.59 Å². The third-order valence-corrected chi connectivity index (χ3v) is 4.53. The molecule has 114 valence electrons. The maximum absolute atomic E-state index is 12.7. The van der Waals surface area contributed by atoms with Gasteiger partial charge in [-0.25, -0.2) is 0 Å². The Labute approximate surface area is 141 Å². The van der Waals surface area contributed by atoms with Gasteiger partial charge in [0.1, 0.15) is 0 Å². The molecule has 0 radical (unpaired) electrons. The monoisotopic (exact) mass is 418 g/mol. The van der Waals surface area contributed by atoms with Crippen molar-refractivity contribution in [2.45, 2.75) is 51.2 Å². The number of pyridine rings is 1. The highest BCUT2D eigenvalue weighted by atomic mass is 79.9. The number of esters is 1. The number of Topliss-reactive ketones (excluding diaryl/α,β-unsaturated/α-hetero) is 1. The van der Waals surface area contributed by atoms with Gasteiger partial charge in [0, 0.05) is 12.8 Å². The van der Waals surface area contributed by atoms with Crippen molar-refractivity contribution < 1.29 is 18.9 Å². The molecule has 0 N–H and O–H groups in total. The Morgan fingerprint density at radius 2 is 2.05 bits per heavy atom. The van der Waals surface area contributed by atoms with Crippen LogP contribution in [-0.4, -0.2) is 17.4 Å². The number of rotatable bonds is 6. The van der Waals surface area contributed by atoms with Gasteiger partial charge < -0.3 is 4.74 Å². The van der Waals surface area contributed by atoms with Crippen molar-refractivity contribution in [3.63, 3.8) is 0 Å². The number of hydrogen-bond acceptors (Lipinski definition) is 3.